The topological polar surface area (TPSA) is 66.1 Å². The fourth-order valence-corrected chi connectivity index (χ4v) is 4.49. The summed E-state index contributed by atoms with van der Waals surface area (Å²) in [4.78, 5) is 22.0. The quantitative estimate of drug-likeness (QED) is 0.824. The van der Waals surface area contributed by atoms with Gasteiger partial charge in [-0.05, 0) is 37.3 Å². The summed E-state index contributed by atoms with van der Waals surface area (Å²) in [7, 11) is 0. The zero-order chi connectivity index (χ0) is 16.9. The van der Waals surface area contributed by atoms with Crippen molar-refractivity contribution in [1.82, 2.24) is 4.98 Å². The summed E-state index contributed by atoms with van der Waals surface area (Å²) < 4.78 is 0. The van der Waals surface area contributed by atoms with Crippen molar-refractivity contribution in [3.8, 4) is 6.07 Å². The SMILES string of the molecule is C[C@@H]1CSC2=NC(c3ccc(C4(C)CC4)nc3)=C(C#N)C(=O)C2C1. The lowest BCUT2D eigenvalue weighted by molar-refractivity contribution is -0.117. The van der Waals surface area contributed by atoms with Crippen LogP contribution in [0.3, 0.4) is 0 Å². The molecule has 4 rings (SSSR count). The van der Waals surface area contributed by atoms with Crippen LogP contribution in [0.25, 0.3) is 5.70 Å². The molecule has 2 aliphatic heterocycles. The Morgan fingerprint density at radius 2 is 2.17 bits per heavy atom. The third-order valence-electron chi connectivity index (χ3n) is 5.24. The summed E-state index contributed by atoms with van der Waals surface area (Å²) in [6, 6.07) is 6.06. The molecule has 2 fully saturated rings. The van der Waals surface area contributed by atoms with Gasteiger partial charge in [-0.25, -0.2) is 4.99 Å². The summed E-state index contributed by atoms with van der Waals surface area (Å²) in [5.41, 5.74) is 2.73. The highest BCUT2D eigenvalue weighted by Crippen LogP contribution is 2.47. The number of allylic oxidation sites excluding steroid dienone is 1. The van der Waals surface area contributed by atoms with Gasteiger partial charge in [0.2, 0.25) is 0 Å². The van der Waals surface area contributed by atoms with Crippen LogP contribution in [0.2, 0.25) is 0 Å². The van der Waals surface area contributed by atoms with Gasteiger partial charge in [-0.3, -0.25) is 9.78 Å². The molecule has 1 saturated heterocycles. The number of fused-ring (bicyclic) bond motifs is 1. The molecule has 4 nitrogen and oxygen atoms in total. The zero-order valence-electron chi connectivity index (χ0n) is 13.9. The van der Waals surface area contributed by atoms with Crippen LogP contribution in [0.15, 0.2) is 28.9 Å². The third-order valence-corrected chi connectivity index (χ3v) is 6.65. The van der Waals surface area contributed by atoms with E-state index in [1.807, 2.05) is 12.1 Å². The minimum Gasteiger partial charge on any atom is -0.293 e. The maximum atomic E-state index is 12.8. The molecule has 0 bridgehead atoms. The molecule has 122 valence electrons. The predicted octanol–water partition coefficient (Wildman–Crippen LogP) is 3.74. The molecule has 1 unspecified atom stereocenters. The average Bonchev–Trinajstić information content (AvgIpc) is 3.34. The van der Waals surface area contributed by atoms with Crippen molar-refractivity contribution in [2.75, 3.05) is 5.75 Å². The van der Waals surface area contributed by atoms with Crippen LogP contribution in [0, 0.1) is 23.2 Å². The number of hydrogen-bond donors (Lipinski definition) is 0. The number of ketones is 1. The highest BCUT2D eigenvalue weighted by atomic mass is 32.2. The molecule has 5 heteroatoms. The largest absolute Gasteiger partial charge is 0.293 e. The molecule has 0 spiro atoms. The van der Waals surface area contributed by atoms with Crippen molar-refractivity contribution in [3.63, 3.8) is 0 Å². The Morgan fingerprint density at radius 1 is 1.38 bits per heavy atom. The monoisotopic (exact) mass is 337 g/mol. The lowest BCUT2D eigenvalue weighted by Crippen LogP contribution is -2.33. The van der Waals surface area contributed by atoms with Crippen molar-refractivity contribution in [2.45, 2.75) is 38.5 Å². The molecular weight excluding hydrogens is 318 g/mol. The molecule has 0 amide bonds. The lowest BCUT2D eigenvalue weighted by Gasteiger charge is -2.30. The molecule has 3 aliphatic rings. The molecule has 1 aromatic rings. The summed E-state index contributed by atoms with van der Waals surface area (Å²) >= 11 is 1.65. The van der Waals surface area contributed by atoms with Gasteiger partial charge in [0.15, 0.2) is 5.78 Å². The van der Waals surface area contributed by atoms with Crippen molar-refractivity contribution < 1.29 is 4.79 Å². The highest BCUT2D eigenvalue weighted by molar-refractivity contribution is 8.14. The number of pyridine rings is 1. The van der Waals surface area contributed by atoms with Crippen LogP contribution in [0.4, 0.5) is 0 Å². The third kappa shape index (κ3) is 2.50. The van der Waals surface area contributed by atoms with Crippen molar-refractivity contribution in [3.05, 3.63) is 35.2 Å². The predicted molar refractivity (Wildman–Crippen MR) is 95.5 cm³/mol. The van der Waals surface area contributed by atoms with E-state index in [1.165, 1.54) is 12.8 Å². The first kappa shape index (κ1) is 15.6. The maximum Gasteiger partial charge on any atom is 0.185 e. The lowest BCUT2D eigenvalue weighted by atomic mass is 9.86. The maximum absolute atomic E-state index is 12.8. The Hall–Kier alpha value is -1.93. The number of carbonyl (C=O) groups excluding carboxylic acids is 1. The molecule has 0 N–H and O–H groups in total. The molecule has 1 aliphatic carbocycles. The van der Waals surface area contributed by atoms with Crippen LogP contribution in [-0.4, -0.2) is 21.6 Å². The van der Waals surface area contributed by atoms with E-state index in [1.54, 1.807) is 18.0 Å². The fraction of sp³-hybridized carbons (Fsp3) is 0.474. The van der Waals surface area contributed by atoms with Gasteiger partial charge in [0.1, 0.15) is 11.6 Å². The second-order valence-corrected chi connectivity index (χ2v) is 8.39. The van der Waals surface area contributed by atoms with E-state index in [2.05, 4.69) is 24.9 Å². The second-order valence-electron chi connectivity index (χ2n) is 7.35. The fourth-order valence-electron chi connectivity index (χ4n) is 3.34. The number of hydrogen-bond acceptors (Lipinski definition) is 5. The van der Waals surface area contributed by atoms with E-state index in [-0.39, 0.29) is 22.7 Å². The summed E-state index contributed by atoms with van der Waals surface area (Å²) in [6.07, 6.45) is 4.89. The number of aromatic nitrogens is 1. The Bertz CT molecular complexity index is 812. The summed E-state index contributed by atoms with van der Waals surface area (Å²) in [5, 5.41) is 10.4. The number of carbonyl (C=O) groups is 1. The van der Waals surface area contributed by atoms with Gasteiger partial charge >= 0.3 is 0 Å². The number of nitriles is 1. The van der Waals surface area contributed by atoms with E-state index in [4.69, 9.17) is 4.99 Å². The van der Waals surface area contributed by atoms with Crippen molar-refractivity contribution >= 4 is 28.3 Å². The van der Waals surface area contributed by atoms with Crippen LogP contribution in [0.1, 0.15) is 44.4 Å². The van der Waals surface area contributed by atoms with Crippen LogP contribution in [-0.2, 0) is 10.2 Å². The Kier molecular flexibility index (Phi) is 3.61. The van der Waals surface area contributed by atoms with Gasteiger partial charge in [0.25, 0.3) is 0 Å². The number of thioether (sulfide) groups is 1. The average molecular weight is 337 g/mol. The Morgan fingerprint density at radius 3 is 2.79 bits per heavy atom. The van der Waals surface area contributed by atoms with Crippen molar-refractivity contribution in [2.24, 2.45) is 16.8 Å². The molecule has 2 atom stereocenters. The Balaban J connectivity index is 1.73. The molecule has 1 aromatic heterocycles. The normalized spacial score (nSPS) is 28.0. The second kappa shape index (κ2) is 5.56. The van der Waals surface area contributed by atoms with Gasteiger partial charge in [-0.1, -0.05) is 13.8 Å². The van der Waals surface area contributed by atoms with Gasteiger partial charge in [0, 0.05) is 28.6 Å². The van der Waals surface area contributed by atoms with E-state index >= 15 is 0 Å². The number of aliphatic imine (C=N–C) groups is 1. The number of nitrogens with zero attached hydrogens (tertiary/aromatic N) is 3. The zero-order valence-corrected chi connectivity index (χ0v) is 14.7. The minimum atomic E-state index is -0.227. The molecule has 3 heterocycles. The number of Topliss-reactive ketones (excluding diaryl/α,β-unsaturated/α-hetero) is 1. The molecule has 24 heavy (non-hydrogen) atoms. The highest BCUT2D eigenvalue weighted by Gasteiger charge is 2.41. The van der Waals surface area contributed by atoms with E-state index in [0.717, 1.165) is 28.5 Å². The first-order chi connectivity index (χ1) is 11.5. The molecule has 1 saturated carbocycles. The van der Waals surface area contributed by atoms with E-state index < -0.39 is 0 Å². The molecule has 0 aromatic carbocycles. The van der Waals surface area contributed by atoms with Gasteiger partial charge in [-0.15, -0.1) is 11.8 Å². The Labute approximate surface area is 146 Å². The van der Waals surface area contributed by atoms with E-state index in [0.29, 0.717) is 11.6 Å². The van der Waals surface area contributed by atoms with Gasteiger partial charge in [0.05, 0.1) is 16.7 Å². The minimum absolute atomic E-state index is 0.0743. The first-order valence-electron chi connectivity index (χ1n) is 8.39. The molecule has 0 radical (unpaired) electrons. The molecular formula is C19H19N3OS. The van der Waals surface area contributed by atoms with Gasteiger partial charge < -0.3 is 0 Å². The van der Waals surface area contributed by atoms with Crippen molar-refractivity contribution in [1.29, 1.82) is 5.26 Å². The van der Waals surface area contributed by atoms with Crippen LogP contribution < -0.4 is 0 Å². The van der Waals surface area contributed by atoms with E-state index in [9.17, 15) is 10.1 Å². The smallest absolute Gasteiger partial charge is 0.185 e. The summed E-state index contributed by atoms with van der Waals surface area (Å²) in [5.74, 6) is 1.15. The van der Waals surface area contributed by atoms with Gasteiger partial charge in [-0.2, -0.15) is 5.26 Å². The van der Waals surface area contributed by atoms with Crippen LogP contribution in [0.5, 0.6) is 0 Å². The summed E-state index contributed by atoms with van der Waals surface area (Å²) in [6.45, 7) is 4.35. The standard InChI is InChI=1S/C19H19N3OS/c1-11-7-13-17(23)14(8-20)16(22-18(13)24-10-11)12-3-4-15(21-9-12)19(2)5-6-19/h3-4,9,11,13H,5-7,10H2,1-2H3/t11-,13?/m0/s1. The van der Waals surface area contributed by atoms with Crippen LogP contribution >= 0.6 is 11.8 Å². The number of rotatable bonds is 2. The first-order valence-corrected chi connectivity index (χ1v) is 9.37.